The number of thiophene rings is 1. The zero-order chi connectivity index (χ0) is 15.1. The van der Waals surface area contributed by atoms with Crippen LogP contribution < -0.4 is 10.6 Å². The van der Waals surface area contributed by atoms with Gasteiger partial charge < -0.3 is 10.6 Å². The molecular weight excluding hydrogens is 314 g/mol. The summed E-state index contributed by atoms with van der Waals surface area (Å²) in [5, 5.41) is 10.5. The molecule has 2 heterocycles. The van der Waals surface area contributed by atoms with Crippen molar-refractivity contribution in [3.63, 3.8) is 0 Å². The van der Waals surface area contributed by atoms with Crippen molar-refractivity contribution in [2.24, 2.45) is 5.92 Å². The highest BCUT2D eigenvalue weighted by Crippen LogP contribution is 2.43. The molecule has 2 unspecified atom stereocenters. The monoisotopic (exact) mass is 333 g/mol. The molecule has 2 aromatic rings. The van der Waals surface area contributed by atoms with E-state index >= 15 is 0 Å². The summed E-state index contributed by atoms with van der Waals surface area (Å²) in [4.78, 5) is 17.2. The van der Waals surface area contributed by atoms with Crippen LogP contribution in [0.15, 0.2) is 17.6 Å². The molecule has 2 fully saturated rings. The lowest BCUT2D eigenvalue weighted by molar-refractivity contribution is 0.103. The minimum atomic E-state index is -0.0250. The van der Waals surface area contributed by atoms with E-state index < -0.39 is 0 Å². The Bertz CT molecular complexity index is 689. The summed E-state index contributed by atoms with van der Waals surface area (Å²) in [6, 6.07) is 2.67. The summed E-state index contributed by atoms with van der Waals surface area (Å²) in [7, 11) is 0. The minimum absolute atomic E-state index is 0.0250. The first-order valence-electron chi connectivity index (χ1n) is 7.74. The van der Waals surface area contributed by atoms with Gasteiger partial charge in [0.2, 0.25) is 0 Å². The van der Waals surface area contributed by atoms with Gasteiger partial charge in [-0.15, -0.1) is 22.7 Å². The number of hydrogen-bond donors (Lipinski definition) is 2. The van der Waals surface area contributed by atoms with Crippen molar-refractivity contribution in [1.82, 2.24) is 10.3 Å². The first-order chi connectivity index (χ1) is 10.7. The number of aryl methyl sites for hydroxylation is 1. The highest BCUT2D eigenvalue weighted by Gasteiger charge is 2.39. The summed E-state index contributed by atoms with van der Waals surface area (Å²) in [5.74, 6) is 1.50. The van der Waals surface area contributed by atoms with E-state index in [1.54, 1.807) is 6.20 Å². The molecule has 2 N–H and O–H groups in total. The van der Waals surface area contributed by atoms with Gasteiger partial charge in [-0.2, -0.15) is 0 Å². The SMILES string of the molecule is Cc1ncc(NC(=O)c2cc(C3CC3NCC3CC3)cs2)s1. The van der Waals surface area contributed by atoms with E-state index in [2.05, 4.69) is 27.1 Å². The first kappa shape index (κ1) is 14.4. The van der Waals surface area contributed by atoms with Crippen molar-refractivity contribution in [2.45, 2.75) is 38.1 Å². The van der Waals surface area contributed by atoms with E-state index in [-0.39, 0.29) is 5.91 Å². The summed E-state index contributed by atoms with van der Waals surface area (Å²) < 4.78 is 0. The Kier molecular flexibility index (Phi) is 3.76. The van der Waals surface area contributed by atoms with Crippen molar-refractivity contribution in [2.75, 3.05) is 11.9 Å². The highest BCUT2D eigenvalue weighted by molar-refractivity contribution is 7.16. The molecule has 2 aliphatic carbocycles. The van der Waals surface area contributed by atoms with E-state index in [1.165, 1.54) is 54.0 Å². The molecule has 2 aromatic heterocycles. The zero-order valence-corrected chi connectivity index (χ0v) is 14.1. The van der Waals surface area contributed by atoms with Crippen molar-refractivity contribution < 1.29 is 4.79 Å². The lowest BCUT2D eigenvalue weighted by atomic mass is 10.2. The fourth-order valence-electron chi connectivity index (χ4n) is 2.69. The van der Waals surface area contributed by atoms with Gasteiger partial charge in [0.1, 0.15) is 5.00 Å². The first-order valence-corrected chi connectivity index (χ1v) is 9.44. The lowest BCUT2D eigenvalue weighted by Crippen LogP contribution is -2.20. The molecule has 4 nitrogen and oxygen atoms in total. The van der Waals surface area contributed by atoms with Gasteiger partial charge >= 0.3 is 0 Å². The summed E-state index contributed by atoms with van der Waals surface area (Å²) in [6.45, 7) is 3.11. The Morgan fingerprint density at radius 1 is 1.45 bits per heavy atom. The molecule has 0 aromatic carbocycles. The maximum absolute atomic E-state index is 12.2. The van der Waals surface area contributed by atoms with Gasteiger partial charge in [-0.3, -0.25) is 4.79 Å². The van der Waals surface area contributed by atoms with Crippen LogP contribution in [0.4, 0.5) is 5.00 Å². The molecular formula is C16H19N3OS2. The predicted octanol–water partition coefficient (Wildman–Crippen LogP) is 3.62. The van der Waals surface area contributed by atoms with Crippen LogP contribution in [-0.2, 0) is 0 Å². The molecule has 22 heavy (non-hydrogen) atoms. The van der Waals surface area contributed by atoms with Crippen LogP contribution in [0.1, 0.15) is 45.4 Å². The van der Waals surface area contributed by atoms with Crippen molar-refractivity contribution in [3.05, 3.63) is 33.1 Å². The van der Waals surface area contributed by atoms with Gasteiger partial charge in [0.25, 0.3) is 5.91 Å². The Morgan fingerprint density at radius 3 is 3.05 bits per heavy atom. The normalized spacial score (nSPS) is 23.5. The van der Waals surface area contributed by atoms with Gasteiger partial charge in [-0.05, 0) is 55.7 Å². The van der Waals surface area contributed by atoms with Crippen LogP contribution in [0.5, 0.6) is 0 Å². The van der Waals surface area contributed by atoms with E-state index in [4.69, 9.17) is 0 Å². The molecule has 0 saturated heterocycles. The molecule has 0 radical (unpaired) electrons. The van der Waals surface area contributed by atoms with E-state index in [0.29, 0.717) is 12.0 Å². The zero-order valence-electron chi connectivity index (χ0n) is 12.5. The number of anilines is 1. The number of aromatic nitrogens is 1. The molecule has 6 heteroatoms. The number of thiazole rings is 1. The average Bonchev–Trinajstić information content (AvgIpc) is 3.38. The van der Waals surface area contributed by atoms with Crippen LogP contribution in [0.3, 0.4) is 0 Å². The Morgan fingerprint density at radius 2 is 2.32 bits per heavy atom. The Hall–Kier alpha value is -1.24. The van der Waals surface area contributed by atoms with Crippen molar-refractivity contribution in [1.29, 1.82) is 0 Å². The van der Waals surface area contributed by atoms with E-state index in [0.717, 1.165) is 20.8 Å². The van der Waals surface area contributed by atoms with Crippen molar-refractivity contribution >= 4 is 33.6 Å². The van der Waals surface area contributed by atoms with Crippen LogP contribution in [0, 0.1) is 12.8 Å². The number of carbonyl (C=O) groups excluding carboxylic acids is 1. The molecule has 4 rings (SSSR count). The molecule has 1 amide bonds. The number of rotatable bonds is 6. The average molecular weight is 333 g/mol. The Labute approximate surface area is 138 Å². The van der Waals surface area contributed by atoms with Crippen LogP contribution in [0.2, 0.25) is 0 Å². The predicted molar refractivity (Wildman–Crippen MR) is 91.0 cm³/mol. The van der Waals surface area contributed by atoms with Crippen LogP contribution in [0.25, 0.3) is 0 Å². The standard InChI is InChI=1S/C16H19N3OS2/c1-9-17-7-15(22-9)19-16(20)14-4-11(8-21-14)12-5-13(12)18-6-10-2-3-10/h4,7-8,10,12-13,18H,2-3,5-6H2,1H3,(H,19,20). The molecule has 0 aliphatic heterocycles. The number of nitrogens with zero attached hydrogens (tertiary/aromatic N) is 1. The van der Waals surface area contributed by atoms with Crippen molar-refractivity contribution in [3.8, 4) is 0 Å². The molecule has 116 valence electrons. The number of hydrogen-bond acceptors (Lipinski definition) is 5. The molecule has 0 bridgehead atoms. The van der Waals surface area contributed by atoms with Gasteiger partial charge in [-0.25, -0.2) is 4.98 Å². The summed E-state index contributed by atoms with van der Waals surface area (Å²) in [5.41, 5.74) is 1.31. The summed E-state index contributed by atoms with van der Waals surface area (Å²) in [6.07, 6.45) is 5.71. The molecule has 2 saturated carbocycles. The second-order valence-corrected chi connectivity index (χ2v) is 8.39. The van der Waals surface area contributed by atoms with Gasteiger partial charge in [0.05, 0.1) is 16.1 Å². The van der Waals surface area contributed by atoms with Crippen LogP contribution in [-0.4, -0.2) is 23.5 Å². The number of amides is 1. The minimum Gasteiger partial charge on any atom is -0.313 e. The fourth-order valence-corrected chi connectivity index (χ4v) is 4.23. The fraction of sp³-hybridized carbons (Fsp3) is 0.500. The molecule has 2 atom stereocenters. The number of carbonyl (C=O) groups is 1. The van der Waals surface area contributed by atoms with Gasteiger partial charge in [0, 0.05) is 12.0 Å². The Balaban J connectivity index is 1.34. The number of nitrogens with one attached hydrogen (secondary N) is 2. The summed E-state index contributed by atoms with van der Waals surface area (Å²) >= 11 is 3.04. The van der Waals surface area contributed by atoms with E-state index in [9.17, 15) is 4.79 Å². The van der Waals surface area contributed by atoms with Gasteiger partial charge in [0.15, 0.2) is 0 Å². The third kappa shape index (κ3) is 3.24. The highest BCUT2D eigenvalue weighted by atomic mass is 32.1. The molecule has 0 spiro atoms. The largest absolute Gasteiger partial charge is 0.313 e. The third-order valence-electron chi connectivity index (χ3n) is 4.29. The smallest absolute Gasteiger partial charge is 0.266 e. The quantitative estimate of drug-likeness (QED) is 0.849. The third-order valence-corrected chi connectivity index (χ3v) is 6.06. The second-order valence-electron chi connectivity index (χ2n) is 6.24. The van der Waals surface area contributed by atoms with Crippen LogP contribution >= 0.6 is 22.7 Å². The van der Waals surface area contributed by atoms with Gasteiger partial charge in [-0.1, -0.05) is 0 Å². The van der Waals surface area contributed by atoms with E-state index in [1.807, 2.05) is 6.92 Å². The lowest BCUT2D eigenvalue weighted by Gasteiger charge is -2.01. The second kappa shape index (κ2) is 5.76. The maximum Gasteiger partial charge on any atom is 0.266 e. The maximum atomic E-state index is 12.2. The topological polar surface area (TPSA) is 54.0 Å². The molecule has 2 aliphatic rings.